The van der Waals surface area contributed by atoms with E-state index < -0.39 is 7.26 Å². The molecule has 1 saturated heterocycles. The summed E-state index contributed by atoms with van der Waals surface area (Å²) in [6.45, 7) is 11.0. The van der Waals surface area contributed by atoms with Crippen LogP contribution < -0.4 is 29.3 Å². The maximum absolute atomic E-state index is 2.81. The lowest BCUT2D eigenvalue weighted by Gasteiger charge is -2.41. The van der Waals surface area contributed by atoms with Crippen molar-refractivity contribution < 1.29 is 24.0 Å². The number of hydrogen-bond acceptors (Lipinski definition) is 2. The van der Waals surface area contributed by atoms with Gasteiger partial charge in [0.25, 0.3) is 0 Å². The highest BCUT2D eigenvalue weighted by Crippen LogP contribution is 2.56. The van der Waals surface area contributed by atoms with Crippen LogP contribution in [0.4, 0.5) is 0 Å². The van der Waals surface area contributed by atoms with Gasteiger partial charge >= 0.3 is 0 Å². The van der Waals surface area contributed by atoms with E-state index in [9.17, 15) is 0 Å². The number of hydrogen-bond donors (Lipinski definition) is 0. The minimum Gasteiger partial charge on any atom is -1.00 e. The molecule has 0 bridgehead atoms. The van der Waals surface area contributed by atoms with Crippen LogP contribution in [0.15, 0.2) is 30.3 Å². The molecular formula is C30H56IN2P. The number of nitrogens with zero attached hydrogens (tertiary/aromatic N) is 2. The van der Waals surface area contributed by atoms with Crippen LogP contribution in [0.1, 0.15) is 117 Å². The highest BCUT2D eigenvalue weighted by atomic mass is 127. The first-order valence-corrected chi connectivity index (χ1v) is 17.1. The van der Waals surface area contributed by atoms with Gasteiger partial charge in [0.05, 0.1) is 25.9 Å². The zero-order valence-electron chi connectivity index (χ0n) is 23.0. The summed E-state index contributed by atoms with van der Waals surface area (Å²) >= 11 is 0. The largest absolute Gasteiger partial charge is 1.00 e. The molecule has 0 unspecified atom stereocenters. The van der Waals surface area contributed by atoms with Crippen molar-refractivity contribution in [3.05, 3.63) is 30.3 Å². The van der Waals surface area contributed by atoms with Gasteiger partial charge in [0.15, 0.2) is 0 Å². The molecule has 1 heterocycles. The second kappa shape index (κ2) is 20.4. The molecule has 1 aromatic rings. The molecule has 1 aliphatic heterocycles. The molecule has 34 heavy (non-hydrogen) atoms. The van der Waals surface area contributed by atoms with Crippen molar-refractivity contribution in [3.8, 4) is 0 Å². The number of rotatable bonds is 19. The maximum atomic E-state index is 2.81. The molecule has 4 heteroatoms. The molecule has 0 N–H and O–H groups in total. The standard InChI is InChI=1S/C30H56N2P.HI/c1-4-6-8-10-12-14-16-21-25-31-27-32(26-22-17-15-13-11-9-7-5-2)29-33(3,28-31)30-23-19-18-20-24-30;/h18-20,23-24H,4-17,21-22,25-29H2,1-3H3;1H/q+1;/p-1. The van der Waals surface area contributed by atoms with Crippen LogP contribution in [0, 0.1) is 0 Å². The Morgan fingerprint density at radius 3 is 1.38 bits per heavy atom. The molecule has 0 aromatic heterocycles. The van der Waals surface area contributed by atoms with E-state index in [1.54, 1.807) is 5.30 Å². The van der Waals surface area contributed by atoms with Crippen LogP contribution in [-0.2, 0) is 0 Å². The Morgan fingerprint density at radius 1 is 0.588 bits per heavy atom. The highest BCUT2D eigenvalue weighted by Gasteiger charge is 2.42. The molecular weight excluding hydrogens is 546 g/mol. The molecule has 0 aliphatic carbocycles. The Labute approximate surface area is 231 Å². The topological polar surface area (TPSA) is 6.48 Å². The highest BCUT2D eigenvalue weighted by molar-refractivity contribution is 7.82. The third-order valence-electron chi connectivity index (χ3n) is 7.46. The van der Waals surface area contributed by atoms with Gasteiger partial charge in [0.2, 0.25) is 0 Å². The van der Waals surface area contributed by atoms with Gasteiger partial charge in [-0.2, -0.15) is 0 Å². The summed E-state index contributed by atoms with van der Waals surface area (Å²) < 4.78 is 0. The summed E-state index contributed by atoms with van der Waals surface area (Å²) in [5, 5.41) is 1.63. The second-order valence-corrected chi connectivity index (χ2v) is 14.8. The Balaban J connectivity index is 0.00000578. The normalized spacial score (nSPS) is 16.4. The molecule has 0 atom stereocenters. The lowest BCUT2D eigenvalue weighted by Crippen LogP contribution is -3.00. The van der Waals surface area contributed by atoms with Gasteiger partial charge in [-0.05, 0) is 25.0 Å². The minimum absolute atomic E-state index is 0. The van der Waals surface area contributed by atoms with Crippen LogP contribution in [0.2, 0.25) is 0 Å². The summed E-state index contributed by atoms with van der Waals surface area (Å²) in [5.74, 6) is 0. The van der Waals surface area contributed by atoms with E-state index in [2.05, 4.69) is 60.6 Å². The van der Waals surface area contributed by atoms with Crippen LogP contribution in [0.5, 0.6) is 0 Å². The number of unbranched alkanes of at least 4 members (excludes halogenated alkanes) is 14. The Kier molecular flexibility index (Phi) is 19.4. The van der Waals surface area contributed by atoms with Gasteiger partial charge in [0, 0.05) is 13.1 Å². The van der Waals surface area contributed by atoms with Crippen molar-refractivity contribution in [3.63, 3.8) is 0 Å². The van der Waals surface area contributed by atoms with E-state index in [0.717, 1.165) is 0 Å². The summed E-state index contributed by atoms with van der Waals surface area (Å²) in [6.07, 6.45) is 25.3. The third kappa shape index (κ3) is 13.6. The molecule has 0 radical (unpaired) electrons. The average Bonchev–Trinajstić information content (AvgIpc) is 2.83. The molecule has 1 fully saturated rings. The summed E-state index contributed by atoms with van der Waals surface area (Å²) in [6, 6.07) is 11.5. The molecule has 1 aromatic carbocycles. The lowest BCUT2D eigenvalue weighted by molar-refractivity contribution is -0.00000730. The molecule has 1 aliphatic rings. The van der Waals surface area contributed by atoms with E-state index in [1.165, 1.54) is 135 Å². The molecule has 198 valence electrons. The van der Waals surface area contributed by atoms with Crippen molar-refractivity contribution in [2.75, 3.05) is 39.0 Å². The fourth-order valence-electron chi connectivity index (χ4n) is 5.47. The fourth-order valence-corrected chi connectivity index (χ4v) is 9.01. The van der Waals surface area contributed by atoms with Gasteiger partial charge in [-0.1, -0.05) is 122 Å². The summed E-state index contributed by atoms with van der Waals surface area (Å²) in [7, 11) is -1.12. The first-order valence-electron chi connectivity index (χ1n) is 14.5. The monoisotopic (exact) mass is 602 g/mol. The molecule has 0 spiro atoms. The third-order valence-corrected chi connectivity index (χ3v) is 11.1. The van der Waals surface area contributed by atoms with Gasteiger partial charge in [-0.15, -0.1) is 0 Å². The van der Waals surface area contributed by atoms with Crippen LogP contribution >= 0.6 is 7.26 Å². The SMILES string of the molecule is CCCCCCCCCCN1CN(CCCCCCCCCC)C[P+](C)(c2ccccc2)C1.[I-]. The first kappa shape index (κ1) is 32.3. The van der Waals surface area contributed by atoms with E-state index in [0.29, 0.717) is 0 Å². The van der Waals surface area contributed by atoms with Gasteiger partial charge in [-0.25, -0.2) is 0 Å². The molecule has 0 amide bonds. The Bertz CT molecular complexity index is 554. The fraction of sp³-hybridized carbons (Fsp3) is 0.800. The van der Waals surface area contributed by atoms with E-state index in [-0.39, 0.29) is 24.0 Å². The minimum atomic E-state index is -1.12. The van der Waals surface area contributed by atoms with Crippen molar-refractivity contribution in [1.29, 1.82) is 0 Å². The van der Waals surface area contributed by atoms with Crippen LogP contribution in [-0.4, -0.2) is 48.8 Å². The van der Waals surface area contributed by atoms with Gasteiger partial charge in [-0.3, -0.25) is 9.80 Å². The zero-order valence-corrected chi connectivity index (χ0v) is 26.0. The maximum Gasteiger partial charge on any atom is 0.118 e. The van der Waals surface area contributed by atoms with E-state index >= 15 is 0 Å². The summed E-state index contributed by atoms with van der Waals surface area (Å²) in [4.78, 5) is 5.62. The first-order chi connectivity index (χ1) is 16.2. The van der Waals surface area contributed by atoms with E-state index in [1.807, 2.05) is 0 Å². The molecule has 0 saturated carbocycles. The average molecular weight is 603 g/mol. The lowest BCUT2D eigenvalue weighted by atomic mass is 10.1. The van der Waals surface area contributed by atoms with Crippen molar-refractivity contribution in [2.24, 2.45) is 0 Å². The number of halogens is 1. The van der Waals surface area contributed by atoms with Crippen molar-refractivity contribution in [1.82, 2.24) is 9.80 Å². The van der Waals surface area contributed by atoms with Crippen molar-refractivity contribution >= 4 is 12.6 Å². The molecule has 2 rings (SSSR count). The van der Waals surface area contributed by atoms with Gasteiger partial charge < -0.3 is 24.0 Å². The molecule has 2 nitrogen and oxygen atoms in total. The smallest absolute Gasteiger partial charge is 0.118 e. The van der Waals surface area contributed by atoms with Crippen molar-refractivity contribution in [2.45, 2.75) is 117 Å². The number of benzene rings is 1. The Hall–Kier alpha value is 0.300. The second-order valence-electron chi connectivity index (χ2n) is 10.9. The van der Waals surface area contributed by atoms with Crippen LogP contribution in [0.25, 0.3) is 0 Å². The Morgan fingerprint density at radius 2 is 0.971 bits per heavy atom. The summed E-state index contributed by atoms with van der Waals surface area (Å²) in [5.41, 5.74) is 0. The predicted octanol–water partition coefficient (Wildman–Crippen LogP) is 5.73. The van der Waals surface area contributed by atoms with E-state index in [4.69, 9.17) is 0 Å². The quantitative estimate of drug-likeness (QED) is 0.113. The van der Waals surface area contributed by atoms with Gasteiger partial charge in [0.1, 0.15) is 12.6 Å². The van der Waals surface area contributed by atoms with Crippen LogP contribution in [0.3, 0.4) is 0 Å². The zero-order chi connectivity index (χ0) is 23.6. The predicted molar refractivity (Wildman–Crippen MR) is 152 cm³/mol.